The third-order valence-corrected chi connectivity index (χ3v) is 8.91. The molecule has 204 valence electrons. The molecule has 0 spiro atoms. The van der Waals surface area contributed by atoms with Crippen LogP contribution in [0.25, 0.3) is 60.1 Å². The molecule has 1 atom stereocenters. The van der Waals surface area contributed by atoms with Gasteiger partial charge in [0.25, 0.3) is 0 Å². The lowest BCUT2D eigenvalue weighted by Crippen LogP contribution is -1.99. The van der Waals surface area contributed by atoms with E-state index in [0.717, 1.165) is 6.42 Å². The Labute approximate surface area is 252 Å². The van der Waals surface area contributed by atoms with Gasteiger partial charge < -0.3 is 0 Å². The number of allylic oxidation sites excluding steroid dienone is 4. The van der Waals surface area contributed by atoms with Crippen LogP contribution in [-0.2, 0) is 0 Å². The maximum atomic E-state index is 4.32. The molecule has 0 aliphatic heterocycles. The first-order chi connectivity index (χ1) is 21.2. The fraction of sp³-hybridized carbons (Fsp3) is 0.0714. The van der Waals surface area contributed by atoms with E-state index in [2.05, 4.69) is 145 Å². The number of nitrogens with zero attached hydrogens (tertiary/aromatic N) is 1. The third-order valence-electron chi connectivity index (χ3n) is 8.91. The number of hydrogen-bond acceptors (Lipinski definition) is 1. The maximum Gasteiger partial charge on any atom is 0.0305 e. The largest absolute Gasteiger partial charge is 0.264 e. The Bertz CT molecular complexity index is 2160. The molecule has 8 rings (SSSR count). The van der Waals surface area contributed by atoms with Crippen LogP contribution >= 0.6 is 0 Å². The highest BCUT2D eigenvalue weighted by Crippen LogP contribution is 2.44. The highest BCUT2D eigenvalue weighted by Gasteiger charge is 2.18. The van der Waals surface area contributed by atoms with E-state index in [4.69, 9.17) is 0 Å². The van der Waals surface area contributed by atoms with E-state index in [1.165, 1.54) is 76.8 Å². The van der Waals surface area contributed by atoms with Gasteiger partial charge in [-0.05, 0) is 103 Å². The Balaban J connectivity index is 1.28. The van der Waals surface area contributed by atoms with E-state index in [0.29, 0.717) is 5.92 Å². The zero-order chi connectivity index (χ0) is 28.8. The predicted octanol–water partition coefficient (Wildman–Crippen LogP) is 11.3. The number of aromatic nitrogens is 1. The molecule has 0 radical (unpaired) electrons. The number of fused-ring (bicyclic) bond motifs is 3. The predicted molar refractivity (Wildman–Crippen MR) is 183 cm³/mol. The molecule has 6 aromatic carbocycles. The van der Waals surface area contributed by atoms with Gasteiger partial charge in [-0.2, -0.15) is 0 Å². The van der Waals surface area contributed by atoms with Gasteiger partial charge in [-0.25, -0.2) is 0 Å². The van der Waals surface area contributed by atoms with Crippen molar-refractivity contribution in [3.63, 3.8) is 0 Å². The van der Waals surface area contributed by atoms with E-state index in [9.17, 15) is 0 Å². The first-order valence-corrected chi connectivity index (χ1v) is 15.1. The molecule has 1 aromatic heterocycles. The molecule has 0 fully saturated rings. The van der Waals surface area contributed by atoms with Gasteiger partial charge in [-0.1, -0.05) is 127 Å². The Morgan fingerprint density at radius 1 is 0.581 bits per heavy atom. The molecule has 7 aromatic rings. The van der Waals surface area contributed by atoms with Crippen LogP contribution in [0.1, 0.15) is 29.0 Å². The Hall–Kier alpha value is -5.27. The molecule has 1 heteroatoms. The van der Waals surface area contributed by atoms with Crippen molar-refractivity contribution < 1.29 is 0 Å². The summed E-state index contributed by atoms with van der Waals surface area (Å²) in [7, 11) is 0. The van der Waals surface area contributed by atoms with Crippen LogP contribution in [0.3, 0.4) is 0 Å². The van der Waals surface area contributed by atoms with Crippen molar-refractivity contribution in [2.24, 2.45) is 0 Å². The molecular weight excluding hydrogens is 518 g/mol. The smallest absolute Gasteiger partial charge is 0.0305 e. The minimum absolute atomic E-state index is 0.375. The Kier molecular flexibility index (Phi) is 6.23. The average Bonchev–Trinajstić information content (AvgIpc) is 3.07. The van der Waals surface area contributed by atoms with Crippen molar-refractivity contribution in [2.75, 3.05) is 0 Å². The minimum atomic E-state index is 0.375. The summed E-state index contributed by atoms with van der Waals surface area (Å²) in [6.07, 6.45) is 11.8. The van der Waals surface area contributed by atoms with Crippen molar-refractivity contribution in [3.05, 3.63) is 169 Å². The second-order valence-electron chi connectivity index (χ2n) is 11.6. The van der Waals surface area contributed by atoms with E-state index >= 15 is 0 Å². The highest BCUT2D eigenvalue weighted by molar-refractivity contribution is 6.21. The molecule has 1 aliphatic carbocycles. The van der Waals surface area contributed by atoms with Crippen molar-refractivity contribution in [2.45, 2.75) is 19.3 Å². The lowest BCUT2D eigenvalue weighted by molar-refractivity contribution is 0.849. The van der Waals surface area contributed by atoms with Gasteiger partial charge in [0.1, 0.15) is 0 Å². The normalized spacial score (nSPS) is 14.8. The molecule has 1 unspecified atom stereocenters. The number of benzene rings is 6. The first-order valence-electron chi connectivity index (χ1n) is 15.1. The van der Waals surface area contributed by atoms with Crippen LogP contribution in [0, 0.1) is 6.92 Å². The molecular formula is C42H31N. The number of pyridine rings is 1. The standard InChI is InChI=1S/C42H31N/c1-28-15-16-33-26-35(22-21-32(33)24-28)42-39-13-4-2-11-37(39)41(38-12-3-5-14-40(38)42)34-9-6-8-31(25-34)29-17-19-30(20-18-29)36-10-7-23-43-27-36/h2-19,21-27,30H,20H2,1H3. The van der Waals surface area contributed by atoms with Crippen LogP contribution in [-0.4, -0.2) is 4.98 Å². The van der Waals surface area contributed by atoms with Crippen LogP contribution < -0.4 is 0 Å². The van der Waals surface area contributed by atoms with Crippen molar-refractivity contribution in [1.29, 1.82) is 0 Å². The number of rotatable bonds is 4. The molecule has 1 heterocycles. The quantitative estimate of drug-likeness (QED) is 0.199. The topological polar surface area (TPSA) is 12.9 Å². The maximum absolute atomic E-state index is 4.32. The first kappa shape index (κ1) is 25.4. The molecule has 1 aliphatic rings. The van der Waals surface area contributed by atoms with Gasteiger partial charge in [-0.3, -0.25) is 4.98 Å². The molecule has 1 nitrogen and oxygen atoms in total. The molecule has 0 amide bonds. The van der Waals surface area contributed by atoms with Crippen LogP contribution in [0.4, 0.5) is 0 Å². The molecule has 0 N–H and O–H groups in total. The van der Waals surface area contributed by atoms with Gasteiger partial charge in [-0.15, -0.1) is 0 Å². The lowest BCUT2D eigenvalue weighted by atomic mass is 9.84. The molecule has 0 saturated heterocycles. The Morgan fingerprint density at radius 2 is 1.23 bits per heavy atom. The fourth-order valence-electron chi connectivity index (χ4n) is 6.80. The van der Waals surface area contributed by atoms with Gasteiger partial charge in [0.15, 0.2) is 0 Å². The summed E-state index contributed by atoms with van der Waals surface area (Å²) >= 11 is 0. The highest BCUT2D eigenvalue weighted by atomic mass is 14.6. The van der Waals surface area contributed by atoms with Gasteiger partial charge in [0.05, 0.1) is 0 Å². The third kappa shape index (κ3) is 4.54. The summed E-state index contributed by atoms with van der Waals surface area (Å²) in [4.78, 5) is 4.32. The van der Waals surface area contributed by atoms with Gasteiger partial charge in [0, 0.05) is 18.3 Å². The molecule has 0 bridgehead atoms. The van der Waals surface area contributed by atoms with Crippen LogP contribution in [0.5, 0.6) is 0 Å². The van der Waals surface area contributed by atoms with Gasteiger partial charge in [0.2, 0.25) is 0 Å². The summed E-state index contributed by atoms with van der Waals surface area (Å²) in [6, 6.07) is 44.7. The zero-order valence-electron chi connectivity index (χ0n) is 24.2. The van der Waals surface area contributed by atoms with Crippen LogP contribution in [0.15, 0.2) is 152 Å². The second-order valence-corrected chi connectivity index (χ2v) is 11.6. The Morgan fingerprint density at radius 3 is 1.88 bits per heavy atom. The van der Waals surface area contributed by atoms with Crippen molar-refractivity contribution in [1.82, 2.24) is 4.98 Å². The molecule has 0 saturated carbocycles. The van der Waals surface area contributed by atoms with E-state index < -0.39 is 0 Å². The summed E-state index contributed by atoms with van der Waals surface area (Å²) in [6.45, 7) is 2.16. The summed E-state index contributed by atoms with van der Waals surface area (Å²) in [5.41, 5.74) is 10.2. The fourth-order valence-corrected chi connectivity index (χ4v) is 6.80. The zero-order valence-corrected chi connectivity index (χ0v) is 24.2. The van der Waals surface area contributed by atoms with Crippen molar-refractivity contribution in [3.8, 4) is 22.3 Å². The van der Waals surface area contributed by atoms with Crippen molar-refractivity contribution >= 4 is 37.9 Å². The minimum Gasteiger partial charge on any atom is -0.264 e. The second kappa shape index (κ2) is 10.5. The van der Waals surface area contributed by atoms with E-state index in [1.807, 2.05) is 18.5 Å². The monoisotopic (exact) mass is 549 g/mol. The number of aryl methyl sites for hydroxylation is 1. The summed E-state index contributed by atoms with van der Waals surface area (Å²) in [5.74, 6) is 0.375. The average molecular weight is 550 g/mol. The molecule has 43 heavy (non-hydrogen) atoms. The lowest BCUT2D eigenvalue weighted by Gasteiger charge is -2.19. The SMILES string of the molecule is Cc1ccc2cc(-c3c4ccccc4c(-c4cccc(C5=CCC(c6cccnc6)C=C5)c4)c4ccccc34)ccc2c1. The summed E-state index contributed by atoms with van der Waals surface area (Å²) in [5, 5.41) is 7.67. The van der Waals surface area contributed by atoms with E-state index in [1.54, 1.807) is 0 Å². The number of hydrogen-bond donors (Lipinski definition) is 0. The summed E-state index contributed by atoms with van der Waals surface area (Å²) < 4.78 is 0. The van der Waals surface area contributed by atoms with Crippen LogP contribution in [0.2, 0.25) is 0 Å². The van der Waals surface area contributed by atoms with E-state index in [-0.39, 0.29) is 0 Å². The van der Waals surface area contributed by atoms with Gasteiger partial charge >= 0.3 is 0 Å².